The first-order chi connectivity index (χ1) is 11.4. The van der Waals surface area contributed by atoms with Crippen molar-refractivity contribution in [1.82, 2.24) is 10.3 Å². The van der Waals surface area contributed by atoms with Crippen molar-refractivity contribution in [2.75, 3.05) is 20.3 Å². The second kappa shape index (κ2) is 7.83. The lowest BCUT2D eigenvalue weighted by molar-refractivity contribution is -0.0510. The molecule has 0 saturated carbocycles. The molecule has 2 N–H and O–H groups in total. The number of H-pyrrole nitrogens is 1. The number of esters is 1. The molecule has 24 heavy (non-hydrogen) atoms. The molecule has 2 atom stereocenters. The average Bonchev–Trinajstić information content (AvgIpc) is 2.86. The first-order valence-electron chi connectivity index (χ1n) is 8.54. The molecule has 0 aliphatic carbocycles. The Hall–Kier alpha value is -1.82. The standard InChI is InChI=1S/C18H28N2O4/c1-10(2)16-13(7-6-8-24-16)9-19-17(21)14-11(3)15(18(22)23-5)20-12(14)4/h10,13,16,20H,6-9H2,1-5H3,(H,19,21)/t13-,16-/m0/s1. The number of carbonyl (C=O) groups excluding carboxylic acids is 2. The van der Waals surface area contributed by atoms with E-state index in [-0.39, 0.29) is 12.0 Å². The largest absolute Gasteiger partial charge is 0.464 e. The van der Waals surface area contributed by atoms with E-state index in [2.05, 4.69) is 24.1 Å². The normalized spacial score (nSPS) is 20.9. The maximum Gasteiger partial charge on any atom is 0.354 e. The second-order valence-electron chi connectivity index (χ2n) is 6.81. The van der Waals surface area contributed by atoms with E-state index in [9.17, 15) is 9.59 Å². The Labute approximate surface area is 143 Å². The molecule has 2 heterocycles. The van der Waals surface area contributed by atoms with E-state index in [0.717, 1.165) is 19.4 Å². The van der Waals surface area contributed by atoms with Gasteiger partial charge in [0.15, 0.2) is 0 Å². The van der Waals surface area contributed by atoms with Crippen LogP contribution in [0.3, 0.4) is 0 Å². The fraction of sp³-hybridized carbons (Fsp3) is 0.667. The van der Waals surface area contributed by atoms with Gasteiger partial charge >= 0.3 is 5.97 Å². The van der Waals surface area contributed by atoms with Crippen molar-refractivity contribution in [3.05, 3.63) is 22.5 Å². The maximum absolute atomic E-state index is 12.6. The highest BCUT2D eigenvalue weighted by molar-refractivity contribution is 6.01. The smallest absolute Gasteiger partial charge is 0.354 e. The molecule has 0 unspecified atom stereocenters. The zero-order valence-corrected chi connectivity index (χ0v) is 15.2. The van der Waals surface area contributed by atoms with Crippen molar-refractivity contribution < 1.29 is 19.1 Å². The van der Waals surface area contributed by atoms with E-state index < -0.39 is 5.97 Å². The molecule has 0 spiro atoms. The van der Waals surface area contributed by atoms with E-state index >= 15 is 0 Å². The summed E-state index contributed by atoms with van der Waals surface area (Å²) >= 11 is 0. The van der Waals surface area contributed by atoms with Crippen LogP contribution in [0, 0.1) is 25.7 Å². The van der Waals surface area contributed by atoms with Crippen molar-refractivity contribution in [3.8, 4) is 0 Å². The lowest BCUT2D eigenvalue weighted by atomic mass is 9.87. The van der Waals surface area contributed by atoms with Crippen molar-refractivity contribution in [1.29, 1.82) is 0 Å². The molecular formula is C18H28N2O4. The Morgan fingerprint density at radius 3 is 2.71 bits per heavy atom. The quantitative estimate of drug-likeness (QED) is 0.810. The van der Waals surface area contributed by atoms with Crippen LogP contribution >= 0.6 is 0 Å². The van der Waals surface area contributed by atoms with Crippen LogP contribution in [-0.2, 0) is 9.47 Å². The third-order valence-corrected chi connectivity index (χ3v) is 4.73. The van der Waals surface area contributed by atoms with E-state index in [4.69, 9.17) is 9.47 Å². The number of hydrogen-bond acceptors (Lipinski definition) is 4. The van der Waals surface area contributed by atoms with Gasteiger partial charge in [0.2, 0.25) is 0 Å². The molecule has 1 aromatic heterocycles. The van der Waals surface area contributed by atoms with Gasteiger partial charge in [-0.2, -0.15) is 0 Å². The van der Waals surface area contributed by atoms with Crippen molar-refractivity contribution in [2.24, 2.45) is 11.8 Å². The van der Waals surface area contributed by atoms with Gasteiger partial charge in [-0.05, 0) is 38.2 Å². The number of rotatable bonds is 5. The third kappa shape index (κ3) is 3.80. The Kier molecular flexibility index (Phi) is 6.04. The molecule has 6 heteroatoms. The fourth-order valence-electron chi connectivity index (χ4n) is 3.53. The van der Waals surface area contributed by atoms with Gasteiger partial charge < -0.3 is 19.8 Å². The van der Waals surface area contributed by atoms with Gasteiger partial charge in [0.25, 0.3) is 5.91 Å². The first kappa shape index (κ1) is 18.5. The minimum absolute atomic E-state index is 0.163. The number of ether oxygens (including phenoxy) is 2. The predicted molar refractivity (Wildman–Crippen MR) is 91.2 cm³/mol. The van der Waals surface area contributed by atoms with Gasteiger partial charge in [-0.25, -0.2) is 4.79 Å². The van der Waals surface area contributed by atoms with Crippen LogP contribution < -0.4 is 5.32 Å². The van der Waals surface area contributed by atoms with Crippen molar-refractivity contribution in [3.63, 3.8) is 0 Å². The highest BCUT2D eigenvalue weighted by atomic mass is 16.5. The topological polar surface area (TPSA) is 80.4 Å². The number of hydrogen-bond donors (Lipinski definition) is 2. The van der Waals surface area contributed by atoms with E-state index in [1.165, 1.54) is 7.11 Å². The zero-order valence-electron chi connectivity index (χ0n) is 15.2. The number of aromatic amines is 1. The Bertz CT molecular complexity index is 606. The molecule has 134 valence electrons. The number of methoxy groups -OCH3 is 1. The summed E-state index contributed by atoms with van der Waals surface area (Å²) in [6.07, 6.45) is 2.26. The predicted octanol–water partition coefficient (Wildman–Crippen LogP) is 2.60. The van der Waals surface area contributed by atoms with Gasteiger partial charge in [0.1, 0.15) is 5.69 Å². The molecule has 1 aromatic rings. The van der Waals surface area contributed by atoms with Crippen LogP contribution in [0.5, 0.6) is 0 Å². The fourth-order valence-corrected chi connectivity index (χ4v) is 3.53. The molecule has 1 aliphatic heterocycles. The third-order valence-electron chi connectivity index (χ3n) is 4.73. The van der Waals surface area contributed by atoms with Gasteiger partial charge in [-0.3, -0.25) is 4.79 Å². The Morgan fingerprint density at radius 2 is 2.08 bits per heavy atom. The van der Waals surface area contributed by atoms with Gasteiger partial charge in [-0.1, -0.05) is 13.8 Å². The zero-order chi connectivity index (χ0) is 17.9. The number of carbonyl (C=O) groups is 2. The first-order valence-corrected chi connectivity index (χ1v) is 8.54. The molecule has 1 amide bonds. The summed E-state index contributed by atoms with van der Waals surface area (Å²) in [4.78, 5) is 27.3. The highest BCUT2D eigenvalue weighted by Crippen LogP contribution is 2.26. The van der Waals surface area contributed by atoms with Gasteiger partial charge in [0, 0.05) is 24.8 Å². The summed E-state index contributed by atoms with van der Waals surface area (Å²) in [5.74, 6) is 0.121. The van der Waals surface area contributed by atoms with Crippen LogP contribution in [-0.4, -0.2) is 43.2 Å². The van der Waals surface area contributed by atoms with E-state index in [0.29, 0.717) is 40.9 Å². The van der Waals surface area contributed by atoms with Crippen LogP contribution in [0.2, 0.25) is 0 Å². The lowest BCUT2D eigenvalue weighted by Crippen LogP contribution is -2.41. The summed E-state index contributed by atoms with van der Waals surface area (Å²) in [5, 5.41) is 3.01. The number of aromatic nitrogens is 1. The molecule has 1 aliphatic rings. The van der Waals surface area contributed by atoms with Crippen LogP contribution in [0.25, 0.3) is 0 Å². The minimum atomic E-state index is -0.463. The summed E-state index contributed by atoms with van der Waals surface area (Å²) in [5.41, 5.74) is 2.15. The molecule has 1 saturated heterocycles. The molecule has 0 aromatic carbocycles. The van der Waals surface area contributed by atoms with Crippen molar-refractivity contribution >= 4 is 11.9 Å². The Morgan fingerprint density at radius 1 is 1.38 bits per heavy atom. The lowest BCUT2D eigenvalue weighted by Gasteiger charge is -2.34. The Balaban J connectivity index is 2.07. The highest BCUT2D eigenvalue weighted by Gasteiger charge is 2.29. The molecular weight excluding hydrogens is 308 g/mol. The van der Waals surface area contributed by atoms with Gasteiger partial charge in [0.05, 0.1) is 18.8 Å². The number of nitrogens with one attached hydrogen (secondary N) is 2. The summed E-state index contributed by atoms with van der Waals surface area (Å²) < 4.78 is 10.6. The summed E-state index contributed by atoms with van der Waals surface area (Å²) in [7, 11) is 1.33. The summed E-state index contributed by atoms with van der Waals surface area (Å²) in [6, 6.07) is 0. The second-order valence-corrected chi connectivity index (χ2v) is 6.81. The maximum atomic E-state index is 12.6. The van der Waals surface area contributed by atoms with Crippen molar-refractivity contribution in [2.45, 2.75) is 46.6 Å². The van der Waals surface area contributed by atoms with Crippen LogP contribution in [0.15, 0.2) is 0 Å². The average molecular weight is 336 g/mol. The van der Waals surface area contributed by atoms with E-state index in [1.54, 1.807) is 13.8 Å². The minimum Gasteiger partial charge on any atom is -0.464 e. The molecule has 0 bridgehead atoms. The monoisotopic (exact) mass is 336 g/mol. The summed E-state index contributed by atoms with van der Waals surface area (Å²) in [6.45, 7) is 9.22. The molecule has 2 rings (SSSR count). The molecule has 6 nitrogen and oxygen atoms in total. The SMILES string of the molecule is COC(=O)c1[nH]c(C)c(C(=O)NC[C@@H]2CCCO[C@H]2C(C)C)c1C. The number of amides is 1. The molecule has 1 fully saturated rings. The number of aryl methyl sites for hydroxylation is 1. The molecule has 0 radical (unpaired) electrons. The van der Waals surface area contributed by atoms with E-state index in [1.807, 2.05) is 0 Å². The van der Waals surface area contributed by atoms with Crippen LogP contribution in [0.4, 0.5) is 0 Å². The van der Waals surface area contributed by atoms with Crippen LogP contribution in [0.1, 0.15) is 58.8 Å². The van der Waals surface area contributed by atoms with Gasteiger partial charge in [-0.15, -0.1) is 0 Å².